The molecule has 34 heavy (non-hydrogen) atoms. The molecule has 0 radical (unpaired) electrons. The summed E-state index contributed by atoms with van der Waals surface area (Å²) >= 11 is 3.61. The van der Waals surface area contributed by atoms with Gasteiger partial charge in [-0.15, -0.1) is 0 Å². The maximum Gasteiger partial charge on any atom is 0.254 e. The highest BCUT2D eigenvalue weighted by atomic mass is 79.9. The molecule has 5 nitrogen and oxygen atoms in total. The first kappa shape index (κ1) is 24.3. The summed E-state index contributed by atoms with van der Waals surface area (Å²) in [7, 11) is 0. The normalized spacial score (nSPS) is 15.1. The van der Waals surface area contributed by atoms with Crippen molar-refractivity contribution in [1.82, 2.24) is 9.80 Å². The van der Waals surface area contributed by atoms with E-state index in [0.717, 1.165) is 54.1 Å². The lowest BCUT2D eigenvalue weighted by Gasteiger charge is -2.28. The van der Waals surface area contributed by atoms with Gasteiger partial charge >= 0.3 is 0 Å². The summed E-state index contributed by atoms with van der Waals surface area (Å²) in [6, 6.07) is 24.3. The van der Waals surface area contributed by atoms with Gasteiger partial charge in [-0.25, -0.2) is 0 Å². The Kier molecular flexibility index (Phi) is 8.61. The smallest absolute Gasteiger partial charge is 0.254 e. The molecule has 1 heterocycles. The third kappa shape index (κ3) is 6.61. The van der Waals surface area contributed by atoms with Crippen LogP contribution in [-0.2, 0) is 13.1 Å². The van der Waals surface area contributed by atoms with E-state index < -0.39 is 0 Å². The number of hydrogen-bond donors (Lipinski definition) is 1. The summed E-state index contributed by atoms with van der Waals surface area (Å²) < 4.78 is 6.66. The van der Waals surface area contributed by atoms with E-state index in [4.69, 9.17) is 4.74 Å². The molecular formula is C28H32BrN3O2. The van der Waals surface area contributed by atoms with Gasteiger partial charge in [0.25, 0.3) is 5.91 Å². The third-order valence-electron chi connectivity index (χ3n) is 6.01. The fraction of sp³-hybridized carbons (Fsp3) is 0.321. The van der Waals surface area contributed by atoms with E-state index >= 15 is 0 Å². The Morgan fingerprint density at radius 1 is 1.00 bits per heavy atom. The Morgan fingerprint density at radius 3 is 2.68 bits per heavy atom. The molecule has 1 aliphatic heterocycles. The number of amides is 1. The molecule has 6 heteroatoms. The summed E-state index contributed by atoms with van der Waals surface area (Å²) in [4.78, 5) is 18.1. The van der Waals surface area contributed by atoms with Crippen LogP contribution in [0, 0.1) is 0 Å². The first-order valence-corrected chi connectivity index (χ1v) is 12.7. The van der Waals surface area contributed by atoms with Crippen molar-refractivity contribution in [2.75, 3.05) is 38.1 Å². The molecule has 0 saturated carbocycles. The highest BCUT2D eigenvalue weighted by Gasteiger charge is 2.20. The molecule has 0 bridgehead atoms. The number of anilines is 1. The van der Waals surface area contributed by atoms with Gasteiger partial charge in [0.05, 0.1) is 6.61 Å². The molecule has 0 atom stereocenters. The first-order chi connectivity index (χ1) is 16.6. The summed E-state index contributed by atoms with van der Waals surface area (Å²) in [5.74, 6) is 0.744. The number of benzene rings is 3. The minimum absolute atomic E-state index is 0.0198. The lowest BCUT2D eigenvalue weighted by atomic mass is 10.1. The summed E-state index contributed by atoms with van der Waals surface area (Å²) in [5, 5.41) is 3.59. The number of fused-ring (bicyclic) bond motifs is 1. The predicted molar refractivity (Wildman–Crippen MR) is 141 cm³/mol. The number of nitrogens with one attached hydrogen (secondary N) is 1. The third-order valence-corrected chi connectivity index (χ3v) is 6.50. The molecule has 3 aromatic carbocycles. The van der Waals surface area contributed by atoms with Crippen molar-refractivity contribution in [3.63, 3.8) is 0 Å². The molecule has 0 spiro atoms. The van der Waals surface area contributed by atoms with E-state index in [0.29, 0.717) is 25.3 Å². The zero-order valence-corrected chi connectivity index (χ0v) is 21.3. The first-order valence-electron chi connectivity index (χ1n) is 11.9. The van der Waals surface area contributed by atoms with E-state index in [1.807, 2.05) is 48.2 Å². The standard InChI is InChI=1S/C28H32BrN3O2/c1-2-34-26-11-6-10-23(19-26)28(33)32-17-16-31(20-22-8-4-3-5-9-22)15-7-14-30-27-13-12-25(29)18-24(27)21-32/h3-6,8-13,18-19,30H,2,7,14-17,20-21H2,1H3. The van der Waals surface area contributed by atoms with Crippen molar-refractivity contribution in [3.8, 4) is 5.75 Å². The van der Waals surface area contributed by atoms with Crippen molar-refractivity contribution >= 4 is 27.5 Å². The van der Waals surface area contributed by atoms with E-state index in [1.165, 1.54) is 5.56 Å². The molecule has 0 fully saturated rings. The Morgan fingerprint density at radius 2 is 1.85 bits per heavy atom. The van der Waals surface area contributed by atoms with Crippen LogP contribution in [0.5, 0.6) is 5.75 Å². The molecule has 178 valence electrons. The molecule has 1 aliphatic rings. The summed E-state index contributed by atoms with van der Waals surface area (Å²) in [6.07, 6.45) is 1.03. The van der Waals surface area contributed by atoms with Crippen LogP contribution in [0.4, 0.5) is 5.69 Å². The molecule has 1 N–H and O–H groups in total. The summed E-state index contributed by atoms with van der Waals surface area (Å²) in [6.45, 7) is 7.26. The van der Waals surface area contributed by atoms with Crippen LogP contribution in [0.1, 0.15) is 34.8 Å². The second kappa shape index (κ2) is 12.0. The lowest BCUT2D eigenvalue weighted by molar-refractivity contribution is 0.0719. The predicted octanol–water partition coefficient (Wildman–Crippen LogP) is 5.81. The van der Waals surface area contributed by atoms with E-state index in [-0.39, 0.29) is 5.91 Å². The second-order valence-electron chi connectivity index (χ2n) is 8.53. The zero-order chi connectivity index (χ0) is 23.8. The molecule has 0 aliphatic carbocycles. The number of carbonyl (C=O) groups excluding carboxylic acids is 1. The maximum atomic E-state index is 13.7. The van der Waals surface area contributed by atoms with Gasteiger partial charge < -0.3 is 15.0 Å². The van der Waals surface area contributed by atoms with Crippen molar-refractivity contribution < 1.29 is 9.53 Å². The molecule has 1 amide bonds. The Bertz CT molecular complexity index is 1090. The maximum absolute atomic E-state index is 13.7. The van der Waals surface area contributed by atoms with Gasteiger partial charge in [0.2, 0.25) is 0 Å². The fourth-order valence-electron chi connectivity index (χ4n) is 4.29. The average Bonchev–Trinajstić information content (AvgIpc) is 2.89. The highest BCUT2D eigenvalue weighted by molar-refractivity contribution is 9.10. The van der Waals surface area contributed by atoms with Crippen molar-refractivity contribution in [3.05, 3.63) is 94.0 Å². The molecule has 3 aromatic rings. The SMILES string of the molecule is CCOc1cccc(C(=O)N2CCN(Cc3ccccc3)CCCNc3ccc(Br)cc3C2)c1. The largest absolute Gasteiger partial charge is 0.494 e. The van der Waals surface area contributed by atoms with E-state index in [2.05, 4.69) is 62.5 Å². The minimum Gasteiger partial charge on any atom is -0.494 e. The van der Waals surface area contributed by atoms with Crippen LogP contribution >= 0.6 is 15.9 Å². The molecular weight excluding hydrogens is 490 g/mol. The monoisotopic (exact) mass is 521 g/mol. The molecule has 0 unspecified atom stereocenters. The van der Waals surface area contributed by atoms with Crippen LogP contribution in [0.2, 0.25) is 0 Å². The van der Waals surface area contributed by atoms with Crippen LogP contribution in [-0.4, -0.2) is 48.5 Å². The van der Waals surface area contributed by atoms with Gasteiger partial charge in [0, 0.05) is 55.0 Å². The molecule has 0 saturated heterocycles. The van der Waals surface area contributed by atoms with E-state index in [9.17, 15) is 4.79 Å². The average molecular weight is 522 g/mol. The van der Waals surface area contributed by atoms with E-state index in [1.54, 1.807) is 0 Å². The number of hydrogen-bond acceptors (Lipinski definition) is 4. The van der Waals surface area contributed by atoms with Crippen molar-refractivity contribution in [2.45, 2.75) is 26.4 Å². The lowest BCUT2D eigenvalue weighted by Crippen LogP contribution is -2.38. The number of halogens is 1. The van der Waals surface area contributed by atoms with Gasteiger partial charge in [-0.1, -0.05) is 52.3 Å². The highest BCUT2D eigenvalue weighted by Crippen LogP contribution is 2.25. The fourth-order valence-corrected chi connectivity index (χ4v) is 4.70. The topological polar surface area (TPSA) is 44.8 Å². The van der Waals surface area contributed by atoms with Crippen LogP contribution < -0.4 is 10.1 Å². The van der Waals surface area contributed by atoms with Gasteiger partial charge in [-0.2, -0.15) is 0 Å². The Balaban J connectivity index is 1.60. The molecule has 4 rings (SSSR count). The quantitative estimate of drug-likeness (QED) is 0.460. The zero-order valence-electron chi connectivity index (χ0n) is 19.7. The summed E-state index contributed by atoms with van der Waals surface area (Å²) in [5.41, 5.74) is 4.14. The number of ether oxygens (including phenoxy) is 1. The second-order valence-corrected chi connectivity index (χ2v) is 9.45. The number of nitrogens with zero attached hydrogens (tertiary/aromatic N) is 2. The Hall–Kier alpha value is -2.83. The van der Waals surface area contributed by atoms with Crippen molar-refractivity contribution in [2.24, 2.45) is 0 Å². The van der Waals surface area contributed by atoms with Gasteiger partial charge in [0.1, 0.15) is 5.75 Å². The van der Waals surface area contributed by atoms with Crippen LogP contribution in [0.15, 0.2) is 77.3 Å². The van der Waals surface area contributed by atoms with Crippen LogP contribution in [0.25, 0.3) is 0 Å². The number of rotatable bonds is 5. The van der Waals surface area contributed by atoms with Gasteiger partial charge in [0.15, 0.2) is 0 Å². The van der Waals surface area contributed by atoms with Crippen LogP contribution in [0.3, 0.4) is 0 Å². The Labute approximate surface area is 210 Å². The van der Waals surface area contributed by atoms with Crippen molar-refractivity contribution in [1.29, 1.82) is 0 Å². The number of carbonyl (C=O) groups is 1. The minimum atomic E-state index is 0.0198. The molecule has 0 aromatic heterocycles. The van der Waals surface area contributed by atoms with Gasteiger partial charge in [-0.3, -0.25) is 9.69 Å². The van der Waals surface area contributed by atoms with Gasteiger partial charge in [-0.05, 0) is 60.9 Å².